The fraction of sp³-hybridized carbons (Fsp3) is 1.00. The predicted molar refractivity (Wildman–Crippen MR) is 31.7 cm³/mol. The molecule has 0 unspecified atom stereocenters. The van der Waals surface area contributed by atoms with Crippen LogP contribution in [0.15, 0.2) is 0 Å². The van der Waals surface area contributed by atoms with E-state index >= 15 is 0 Å². The molecule has 0 saturated carbocycles. The maximum Gasteiger partial charge on any atom is 0.435 e. The standard InChI is InChI=1S/CH4.Al.2BrH.H/h1H4;;2*1H;/q;+2;;;/p-2. The molecule has 0 spiro atoms. The number of hydrogen-bond acceptors (Lipinski definition) is 0. The molecule has 0 aliphatic rings. The normalized spacial score (nSPS) is 3.50. The highest BCUT2D eigenvalue weighted by Crippen LogP contribution is 1.77. The van der Waals surface area contributed by atoms with Gasteiger partial charge >= 0.3 is 11.6 Å². The van der Waals surface area contributed by atoms with E-state index in [4.69, 9.17) is 0 Å². The Hall–Kier alpha value is 1.49. The van der Waals surface area contributed by atoms with Crippen molar-refractivity contribution >= 4 is 39.7 Å². The molecule has 0 bridgehead atoms. The Morgan fingerprint density at radius 2 is 1.25 bits per heavy atom. The van der Waals surface area contributed by atoms with E-state index in [0.717, 1.165) is 0 Å². The first kappa shape index (κ1) is 9.09. The summed E-state index contributed by atoms with van der Waals surface area (Å²) >= 11 is 6.44. The molecule has 0 aromatic rings. The quantitative estimate of drug-likeness (QED) is 0.526. The van der Waals surface area contributed by atoms with Crippen LogP contribution in [0.4, 0.5) is 0 Å². The minimum absolute atomic E-state index is 0. The summed E-state index contributed by atoms with van der Waals surface area (Å²) in [4.78, 5) is 0. The maximum atomic E-state index is 3.20. The molecule has 0 nitrogen and oxygen atoms in total. The van der Waals surface area contributed by atoms with Crippen LogP contribution < -0.4 is 0 Å². The summed E-state index contributed by atoms with van der Waals surface area (Å²) in [7, 11) is 0. The second-order valence-corrected chi connectivity index (χ2v) is 8.18. The molecule has 0 N–H and O–H groups in total. The van der Waals surface area contributed by atoms with Crippen LogP contribution >= 0.6 is 28.1 Å². The fourth-order valence-electron chi connectivity index (χ4n) is 0. The first-order chi connectivity index (χ1) is 1.41. The van der Waals surface area contributed by atoms with Gasteiger partial charge in [-0.05, 0) is 0 Å². The zero-order chi connectivity index (χ0) is 2.71. The first-order valence-electron chi connectivity index (χ1n) is 0.535. The lowest BCUT2D eigenvalue weighted by Crippen LogP contribution is -1.31. The highest BCUT2D eigenvalue weighted by molar-refractivity contribution is 9.47. The van der Waals surface area contributed by atoms with E-state index in [0.29, 0.717) is 0 Å². The molecule has 26 valence electrons. The Morgan fingerprint density at radius 1 is 1.25 bits per heavy atom. The predicted octanol–water partition coefficient (Wildman–Crippen LogP) is 1.68. The van der Waals surface area contributed by atoms with E-state index in [9.17, 15) is 0 Å². The van der Waals surface area contributed by atoms with Gasteiger partial charge in [0.2, 0.25) is 0 Å². The molecular formula is CH5AlBr2. The van der Waals surface area contributed by atoms with Crippen molar-refractivity contribution in [1.82, 2.24) is 0 Å². The van der Waals surface area contributed by atoms with Crippen LogP contribution in [0.5, 0.6) is 0 Å². The molecule has 0 saturated heterocycles. The Kier molecular flexibility index (Phi) is 20.0. The summed E-state index contributed by atoms with van der Waals surface area (Å²) in [5.74, 6) is 0. The van der Waals surface area contributed by atoms with Gasteiger partial charge in [-0.1, -0.05) is 7.43 Å². The van der Waals surface area contributed by atoms with Crippen LogP contribution in [0.1, 0.15) is 7.43 Å². The second kappa shape index (κ2) is 8.82. The van der Waals surface area contributed by atoms with Gasteiger partial charge in [0.25, 0.3) is 0 Å². The summed E-state index contributed by atoms with van der Waals surface area (Å²) in [6, 6.07) is 0. The van der Waals surface area contributed by atoms with Crippen molar-refractivity contribution in [3.05, 3.63) is 0 Å². The van der Waals surface area contributed by atoms with Gasteiger partial charge in [0.1, 0.15) is 0 Å². The molecule has 0 radical (unpaired) electrons. The number of halogens is 2. The van der Waals surface area contributed by atoms with Crippen molar-refractivity contribution in [2.75, 3.05) is 0 Å². The fourth-order valence-corrected chi connectivity index (χ4v) is 0. The molecule has 0 aliphatic heterocycles. The summed E-state index contributed by atoms with van der Waals surface area (Å²) in [6.07, 6.45) is 0. The topological polar surface area (TPSA) is 0 Å². The van der Waals surface area contributed by atoms with Crippen LogP contribution in [-0.2, 0) is 0 Å². The van der Waals surface area contributed by atoms with E-state index < -0.39 is 0 Å². The molecule has 3 heteroatoms. The van der Waals surface area contributed by atoms with Gasteiger partial charge in [-0.3, -0.25) is 0 Å². The lowest BCUT2D eigenvalue weighted by atomic mass is 12.0. The Morgan fingerprint density at radius 3 is 1.25 bits per heavy atom. The molecule has 4 heavy (non-hydrogen) atoms. The molecule has 0 aromatic carbocycles. The molecule has 0 amide bonds. The third-order valence-corrected chi connectivity index (χ3v) is 0. The van der Waals surface area contributed by atoms with E-state index in [1.807, 2.05) is 0 Å². The molecule has 0 heterocycles. The summed E-state index contributed by atoms with van der Waals surface area (Å²) in [5, 5.41) is 0. The van der Waals surface area contributed by atoms with Gasteiger partial charge in [-0.25, -0.2) is 28.1 Å². The molecular weight excluding hydrogens is 199 g/mol. The van der Waals surface area contributed by atoms with Gasteiger partial charge in [0, 0.05) is 0 Å². The maximum absolute atomic E-state index is 3.20. The zero-order valence-electron chi connectivity index (χ0n) is 1.46. The second-order valence-electron chi connectivity index (χ2n) is 0.101. The van der Waals surface area contributed by atoms with Crippen molar-refractivity contribution in [2.45, 2.75) is 7.43 Å². The molecule has 0 aromatic heterocycles. The van der Waals surface area contributed by atoms with Gasteiger partial charge < -0.3 is 0 Å². The van der Waals surface area contributed by atoms with Crippen molar-refractivity contribution in [2.24, 2.45) is 0 Å². The van der Waals surface area contributed by atoms with E-state index in [1.54, 1.807) is 0 Å². The minimum Gasteiger partial charge on any atom is -0.203 e. The highest BCUT2D eigenvalue weighted by Gasteiger charge is 1.57. The van der Waals surface area contributed by atoms with Gasteiger partial charge in [0.05, 0.1) is 0 Å². The average molecular weight is 204 g/mol. The van der Waals surface area contributed by atoms with Gasteiger partial charge in [-0.15, -0.1) is 0 Å². The lowest BCUT2D eigenvalue weighted by Gasteiger charge is -1.33. The minimum atomic E-state index is 0. The Labute approximate surface area is 47.0 Å². The van der Waals surface area contributed by atoms with Crippen LogP contribution in [0.3, 0.4) is 0 Å². The zero-order valence-corrected chi connectivity index (χ0v) is 6.05. The highest BCUT2D eigenvalue weighted by atomic mass is 79.9. The van der Waals surface area contributed by atoms with Crippen molar-refractivity contribution < 1.29 is 0 Å². The third kappa shape index (κ3) is 9.74. The van der Waals surface area contributed by atoms with E-state index in [-0.39, 0.29) is 19.0 Å². The molecule has 0 atom stereocenters. The molecule has 0 fully saturated rings. The largest absolute Gasteiger partial charge is 0.435 e. The lowest BCUT2D eigenvalue weighted by molar-refractivity contribution is 2.50. The Bertz CT molecular complexity index is 6.00. The number of rotatable bonds is 0. The monoisotopic (exact) mass is 202 g/mol. The van der Waals surface area contributed by atoms with Crippen LogP contribution in [0.2, 0.25) is 0 Å². The number of hydrogen-bond donors (Lipinski definition) is 0. The molecule has 0 rings (SSSR count). The molecule has 0 aliphatic carbocycles. The van der Waals surface area contributed by atoms with Crippen molar-refractivity contribution in [3.8, 4) is 0 Å². The van der Waals surface area contributed by atoms with E-state index in [1.165, 1.54) is 0 Å². The smallest absolute Gasteiger partial charge is 0.203 e. The summed E-state index contributed by atoms with van der Waals surface area (Å²) in [5.41, 5.74) is 0. The van der Waals surface area contributed by atoms with Crippen LogP contribution in [0.25, 0.3) is 0 Å². The van der Waals surface area contributed by atoms with Gasteiger partial charge in [-0.2, -0.15) is 0 Å². The van der Waals surface area contributed by atoms with Crippen molar-refractivity contribution in [1.29, 1.82) is 0 Å². The Balaban J connectivity index is 0. The average Bonchev–Trinajstić information content (AvgIpc) is 0.918. The van der Waals surface area contributed by atoms with Crippen LogP contribution in [-0.4, -0.2) is 11.6 Å². The van der Waals surface area contributed by atoms with Gasteiger partial charge in [0.15, 0.2) is 0 Å². The van der Waals surface area contributed by atoms with E-state index in [2.05, 4.69) is 28.1 Å². The summed E-state index contributed by atoms with van der Waals surface area (Å²) < 4.78 is 0. The first-order valence-corrected chi connectivity index (χ1v) is 8.33. The third-order valence-electron chi connectivity index (χ3n) is 0. The SMILES string of the molecule is C.[Br][AlH][Br]. The van der Waals surface area contributed by atoms with Crippen molar-refractivity contribution in [3.63, 3.8) is 0 Å². The van der Waals surface area contributed by atoms with Crippen LogP contribution in [0, 0.1) is 0 Å². The summed E-state index contributed by atoms with van der Waals surface area (Å²) in [6.45, 7) is 0.